The zero-order valence-electron chi connectivity index (χ0n) is 58.3. The fourth-order valence-corrected chi connectivity index (χ4v) is 15.8. The van der Waals surface area contributed by atoms with Crippen molar-refractivity contribution in [2.45, 2.75) is 240 Å². The maximum atomic E-state index is 13.6. The molecule has 0 radical (unpaired) electrons. The number of rotatable bonds is 15. The predicted octanol–water partition coefficient (Wildman–Crippen LogP) is 13.0. The smallest absolute Gasteiger partial charge is 0.350 e. The van der Waals surface area contributed by atoms with Gasteiger partial charge in [-0.2, -0.15) is 0 Å². The van der Waals surface area contributed by atoms with Crippen LogP contribution in [-0.4, -0.2) is 142 Å². The van der Waals surface area contributed by atoms with Crippen LogP contribution in [0.4, 0.5) is 17.1 Å². The summed E-state index contributed by atoms with van der Waals surface area (Å²) in [6.07, 6.45) is 14.1. The molecule has 18 nitrogen and oxygen atoms in total. The highest BCUT2D eigenvalue weighted by molar-refractivity contribution is 7.16. The summed E-state index contributed by atoms with van der Waals surface area (Å²) in [6.45, 7) is 22.7. The Morgan fingerprint density at radius 1 is 0.495 bits per heavy atom. The molecule has 0 spiro atoms. The number of morpholine rings is 3. The molecule has 0 aromatic carbocycles. The Kier molecular flexibility index (Phi) is 27.8. The van der Waals surface area contributed by atoms with E-state index in [1.54, 1.807) is 28.5 Å². The van der Waals surface area contributed by atoms with Crippen molar-refractivity contribution >= 4 is 93.0 Å². The van der Waals surface area contributed by atoms with Crippen LogP contribution in [0.25, 0.3) is 0 Å². The van der Waals surface area contributed by atoms with Crippen molar-refractivity contribution in [3.8, 4) is 35.5 Å². The summed E-state index contributed by atoms with van der Waals surface area (Å²) < 4.78 is 32.8. The Bertz CT molecular complexity index is 3200. The van der Waals surface area contributed by atoms with Gasteiger partial charge in [0.05, 0.1) is 103 Å². The third-order valence-corrected chi connectivity index (χ3v) is 20.7. The number of nitrogens with zero attached hydrogens (tertiary/aromatic N) is 3. The molecule has 6 fully saturated rings. The van der Waals surface area contributed by atoms with Crippen LogP contribution in [0.15, 0.2) is 18.2 Å². The monoisotopic (exact) mass is 1370 g/mol. The van der Waals surface area contributed by atoms with E-state index in [0.29, 0.717) is 80.4 Å². The standard InChI is InChI=1S/2C25H35NO5S.C24H31NO5S/c2*1-16(27)13-21-23(28)26(20(15-31-21)17-9-7-6-8-10-17)19-14-18(11-12-25(2,3)4)32-22(19)24(29)30-5;1-24(2,3)12-10-17-14-18(21(31-17)23(28)29-4)25-19(16-8-6-5-7-9-16)15-30-20(11-13-26)22(25)27/h2*14,16-17,20-21,27H,6-10,13,15H2,1-5H3;13-14,16,19-20H,5-9,11,15H2,1-4H3/t16-,20+,21-;16-,20-,21+;19-,20+/m100/s1. The van der Waals surface area contributed by atoms with Crippen molar-refractivity contribution < 1.29 is 72.2 Å². The van der Waals surface area contributed by atoms with Gasteiger partial charge in [0.15, 0.2) is 0 Å². The lowest BCUT2D eigenvalue weighted by Crippen LogP contribution is -2.57. The highest BCUT2D eigenvalue weighted by atomic mass is 32.1. The number of esters is 3. The first-order chi connectivity index (χ1) is 45.0. The molecule has 3 saturated carbocycles. The molecule has 3 aromatic heterocycles. The van der Waals surface area contributed by atoms with E-state index in [1.807, 2.05) is 80.5 Å². The van der Waals surface area contributed by atoms with Crippen LogP contribution in [0.1, 0.15) is 235 Å². The molecule has 6 heterocycles. The molecular formula is C74H101N3O15S3. The third kappa shape index (κ3) is 21.0. The van der Waals surface area contributed by atoms with Crippen molar-refractivity contribution in [3.05, 3.63) is 47.5 Å². The molecule has 3 saturated heterocycles. The molecule has 3 aromatic rings. The predicted molar refractivity (Wildman–Crippen MR) is 372 cm³/mol. The second-order valence-electron chi connectivity index (χ2n) is 29.0. The van der Waals surface area contributed by atoms with Gasteiger partial charge in [0.25, 0.3) is 17.7 Å². The van der Waals surface area contributed by atoms with Gasteiger partial charge in [-0.1, -0.05) is 93.3 Å². The molecule has 0 bridgehead atoms. The van der Waals surface area contributed by atoms with E-state index < -0.39 is 48.4 Å². The van der Waals surface area contributed by atoms with Crippen LogP contribution in [0.3, 0.4) is 0 Å². The molecular weight excluding hydrogens is 1270 g/mol. The summed E-state index contributed by atoms with van der Waals surface area (Å²) in [7, 11) is 4.03. The number of hydrogen-bond acceptors (Lipinski definition) is 18. The Labute approximate surface area is 575 Å². The molecule has 520 valence electrons. The number of ether oxygens (including phenoxy) is 6. The van der Waals surface area contributed by atoms with Crippen LogP contribution in [0, 0.1) is 69.5 Å². The molecule has 3 aliphatic heterocycles. The molecule has 0 unspecified atom stereocenters. The summed E-state index contributed by atoms with van der Waals surface area (Å²) in [5.74, 6) is 17.9. The quantitative estimate of drug-likeness (QED) is 0.0624. The van der Waals surface area contributed by atoms with E-state index >= 15 is 0 Å². The first-order valence-corrected chi connectivity index (χ1v) is 36.3. The number of amides is 3. The Balaban J connectivity index is 0.000000201. The first-order valence-electron chi connectivity index (χ1n) is 33.9. The molecule has 21 heteroatoms. The Hall–Kier alpha value is -5.93. The maximum absolute atomic E-state index is 13.6. The Morgan fingerprint density at radius 3 is 1.00 bits per heavy atom. The maximum Gasteiger partial charge on any atom is 0.350 e. The number of carbonyl (C=O) groups is 7. The average molecular weight is 1370 g/mol. The summed E-state index contributed by atoms with van der Waals surface area (Å²) in [5, 5.41) is 19.8. The molecule has 2 N–H and O–H groups in total. The van der Waals surface area contributed by atoms with E-state index in [2.05, 4.69) is 35.5 Å². The zero-order valence-corrected chi connectivity index (χ0v) is 60.7. The number of thiophene rings is 3. The van der Waals surface area contributed by atoms with Crippen molar-refractivity contribution in [3.63, 3.8) is 0 Å². The Morgan fingerprint density at radius 2 is 0.758 bits per heavy atom. The zero-order chi connectivity index (χ0) is 69.5. The molecule has 3 amide bonds. The fraction of sp³-hybridized carbons (Fsp3) is 0.662. The van der Waals surface area contributed by atoms with Gasteiger partial charge in [-0.15, -0.1) is 34.0 Å². The molecule has 95 heavy (non-hydrogen) atoms. The second kappa shape index (κ2) is 34.5. The van der Waals surface area contributed by atoms with E-state index in [-0.39, 0.29) is 71.4 Å². The van der Waals surface area contributed by atoms with Crippen molar-refractivity contribution in [1.82, 2.24) is 0 Å². The van der Waals surface area contributed by atoms with Crippen LogP contribution in [-0.2, 0) is 47.6 Å². The van der Waals surface area contributed by atoms with Crippen LogP contribution in [0.5, 0.6) is 0 Å². The van der Waals surface area contributed by atoms with Gasteiger partial charge in [0, 0.05) is 35.5 Å². The lowest BCUT2D eigenvalue weighted by Gasteiger charge is -2.44. The van der Waals surface area contributed by atoms with Gasteiger partial charge in [-0.25, -0.2) is 14.4 Å². The largest absolute Gasteiger partial charge is 0.465 e. The van der Waals surface area contributed by atoms with Crippen LogP contribution >= 0.6 is 34.0 Å². The third-order valence-electron chi connectivity index (χ3n) is 17.7. The lowest BCUT2D eigenvalue weighted by atomic mass is 9.82. The normalized spacial score (nSPS) is 23.2. The number of aldehydes is 1. The molecule has 3 aliphatic carbocycles. The molecule has 9 rings (SSSR count). The summed E-state index contributed by atoms with van der Waals surface area (Å²) in [4.78, 5) is 98.2. The number of aliphatic hydroxyl groups excluding tert-OH is 2. The topological polar surface area (TPSA) is 225 Å². The summed E-state index contributed by atoms with van der Waals surface area (Å²) in [5.41, 5.74) is 1.08. The van der Waals surface area contributed by atoms with Crippen molar-refractivity contribution in [1.29, 1.82) is 0 Å². The molecule has 8 atom stereocenters. The van der Waals surface area contributed by atoms with Crippen LogP contribution in [0.2, 0.25) is 0 Å². The number of carbonyl (C=O) groups excluding carboxylic acids is 7. The molecule has 6 aliphatic rings. The number of hydrogen-bond donors (Lipinski definition) is 2. The van der Waals surface area contributed by atoms with E-state index in [9.17, 15) is 43.8 Å². The van der Waals surface area contributed by atoms with E-state index in [1.165, 1.54) is 74.6 Å². The van der Waals surface area contributed by atoms with Gasteiger partial charge < -0.3 is 58.1 Å². The highest BCUT2D eigenvalue weighted by Gasteiger charge is 2.47. The highest BCUT2D eigenvalue weighted by Crippen LogP contribution is 2.44. The van der Waals surface area contributed by atoms with E-state index in [0.717, 1.165) is 86.8 Å². The second-order valence-corrected chi connectivity index (χ2v) is 32.2. The minimum absolute atomic E-state index is 0.00109. The SMILES string of the molecule is COC(=O)c1sc(C#CC(C)(C)C)cc1N1C(=O)[C@@H](CC=O)OC[C@H]1C1CCCCC1.COC(=O)c1sc(C#CC(C)(C)C)cc1N1C(=O)[C@@H](C[C@@H](C)O)OC[C@H]1C1CCCCC1.COC(=O)c1sc(C#CC(C)(C)C)cc1N1C(=O)[C@@H](C[C@H](C)O)OC[C@H]1C1CCCCC1. The van der Waals surface area contributed by atoms with Crippen molar-refractivity contribution in [2.24, 2.45) is 34.0 Å². The summed E-state index contributed by atoms with van der Waals surface area (Å²) >= 11 is 3.76. The van der Waals surface area contributed by atoms with Gasteiger partial charge in [0.2, 0.25) is 0 Å². The van der Waals surface area contributed by atoms with Gasteiger partial charge >= 0.3 is 17.9 Å². The number of aliphatic hydroxyl groups is 2. The minimum atomic E-state index is -0.827. The fourth-order valence-electron chi connectivity index (χ4n) is 13.1. The van der Waals surface area contributed by atoms with Crippen molar-refractivity contribution in [2.75, 3.05) is 55.8 Å². The average Bonchev–Trinajstić information content (AvgIpc) is 1.24. The van der Waals surface area contributed by atoms with Gasteiger partial charge in [-0.05, 0) is 151 Å². The van der Waals surface area contributed by atoms with Gasteiger partial charge in [-0.3, -0.25) is 14.4 Å². The summed E-state index contributed by atoms with van der Waals surface area (Å²) in [6, 6.07) is 5.04. The van der Waals surface area contributed by atoms with E-state index in [4.69, 9.17) is 28.4 Å². The van der Waals surface area contributed by atoms with Gasteiger partial charge in [0.1, 0.15) is 39.2 Å². The minimum Gasteiger partial charge on any atom is -0.465 e. The lowest BCUT2D eigenvalue weighted by molar-refractivity contribution is -0.140. The number of methoxy groups -OCH3 is 3. The first kappa shape index (κ1) is 76.4. The number of anilines is 3. The van der Waals surface area contributed by atoms with Crippen LogP contribution < -0.4 is 14.7 Å².